The van der Waals surface area contributed by atoms with E-state index in [-0.39, 0.29) is 36.5 Å². The van der Waals surface area contributed by atoms with Crippen LogP contribution in [-0.2, 0) is 37.4 Å². The summed E-state index contributed by atoms with van der Waals surface area (Å²) >= 11 is 0. The van der Waals surface area contributed by atoms with Gasteiger partial charge < -0.3 is 4.74 Å². The van der Waals surface area contributed by atoms with E-state index in [1.807, 2.05) is 60.7 Å². The molecular formula is C26H31NO5S. The van der Waals surface area contributed by atoms with Crippen molar-refractivity contribution in [2.45, 2.75) is 52.3 Å². The van der Waals surface area contributed by atoms with Gasteiger partial charge >= 0.3 is 5.97 Å². The fraction of sp³-hybridized carbons (Fsp3) is 0.462. The van der Waals surface area contributed by atoms with E-state index >= 15 is 0 Å². The second-order valence-electron chi connectivity index (χ2n) is 9.89. The summed E-state index contributed by atoms with van der Waals surface area (Å²) in [6.07, 6.45) is 1.74. The van der Waals surface area contributed by atoms with Gasteiger partial charge in [0.25, 0.3) is 0 Å². The number of sulfonamides is 1. The van der Waals surface area contributed by atoms with Crippen LogP contribution in [0, 0.1) is 16.7 Å². The molecule has 2 aromatic carbocycles. The molecule has 0 aromatic heterocycles. The van der Waals surface area contributed by atoms with Crippen molar-refractivity contribution >= 4 is 22.3 Å². The highest BCUT2D eigenvalue weighted by Crippen LogP contribution is 2.67. The van der Waals surface area contributed by atoms with Gasteiger partial charge in [0.05, 0.1) is 5.75 Å². The van der Waals surface area contributed by atoms with E-state index in [4.69, 9.17) is 4.74 Å². The zero-order valence-electron chi connectivity index (χ0n) is 19.1. The third-order valence-corrected chi connectivity index (χ3v) is 9.87. The summed E-state index contributed by atoms with van der Waals surface area (Å²) in [6.45, 7) is 4.68. The maximum Gasteiger partial charge on any atom is 0.371 e. The summed E-state index contributed by atoms with van der Waals surface area (Å²) in [5.74, 6) is -0.778. The molecule has 3 atom stereocenters. The lowest BCUT2D eigenvalue weighted by Gasteiger charge is -2.42. The maximum absolute atomic E-state index is 14.0. The first-order valence-corrected chi connectivity index (χ1v) is 13.0. The number of ether oxygens (including phenoxy) is 1. The number of hydrogen-bond donors (Lipinski definition) is 0. The number of carbonyl (C=O) groups excluding carboxylic acids is 2. The van der Waals surface area contributed by atoms with Crippen LogP contribution in [0.1, 0.15) is 44.2 Å². The van der Waals surface area contributed by atoms with Gasteiger partial charge in [0.1, 0.15) is 6.10 Å². The summed E-state index contributed by atoms with van der Waals surface area (Å²) < 4.78 is 35.0. The highest BCUT2D eigenvalue weighted by Gasteiger charge is 2.67. The molecule has 6 nitrogen and oxygen atoms in total. The summed E-state index contributed by atoms with van der Waals surface area (Å²) in [6, 6.07) is 19.1. The van der Waals surface area contributed by atoms with E-state index in [0.29, 0.717) is 12.8 Å². The molecule has 2 bridgehead atoms. The van der Waals surface area contributed by atoms with Gasteiger partial charge in [0, 0.05) is 18.5 Å². The molecule has 0 heterocycles. The molecule has 2 fully saturated rings. The zero-order chi connectivity index (χ0) is 23.7. The quantitative estimate of drug-likeness (QED) is 0.316. The van der Waals surface area contributed by atoms with Crippen LogP contribution in [0.15, 0.2) is 60.7 Å². The van der Waals surface area contributed by atoms with Gasteiger partial charge in [-0.05, 0) is 41.7 Å². The van der Waals surface area contributed by atoms with Crippen molar-refractivity contribution in [1.82, 2.24) is 4.31 Å². The Kier molecular flexibility index (Phi) is 6.47. The molecular weight excluding hydrogens is 438 g/mol. The Morgan fingerprint density at radius 1 is 1.03 bits per heavy atom. The lowest BCUT2D eigenvalue weighted by molar-refractivity contribution is -0.159. The standard InChI is InChI=1S/C26H31NO5S/c1-25(2)22-13-14-26(25,23(15-22)32-24(29)18-28)19-33(30,31)27(16-20-9-5-3-6-10-20)17-21-11-7-4-8-12-21/h3-12,18,22-23H,13-17,19H2,1-2H3/t22-,23-,26-/m1/s1. The predicted molar refractivity (Wildman–Crippen MR) is 125 cm³/mol. The van der Waals surface area contributed by atoms with Crippen LogP contribution < -0.4 is 0 Å². The molecule has 4 rings (SSSR count). The predicted octanol–water partition coefficient (Wildman–Crippen LogP) is 3.96. The molecule has 0 saturated heterocycles. The van der Waals surface area contributed by atoms with E-state index in [0.717, 1.165) is 17.5 Å². The minimum atomic E-state index is -3.74. The van der Waals surface area contributed by atoms with Gasteiger partial charge in [-0.2, -0.15) is 4.31 Å². The van der Waals surface area contributed by atoms with Crippen LogP contribution in [0.3, 0.4) is 0 Å². The Balaban J connectivity index is 1.67. The molecule has 176 valence electrons. The van der Waals surface area contributed by atoms with Crippen LogP contribution in [0.25, 0.3) is 0 Å². The Bertz CT molecular complexity index is 1060. The number of aldehydes is 1. The van der Waals surface area contributed by atoms with Gasteiger partial charge in [-0.25, -0.2) is 13.2 Å². The lowest BCUT2D eigenvalue weighted by atomic mass is 9.69. The van der Waals surface area contributed by atoms with Crippen molar-refractivity contribution in [2.24, 2.45) is 16.7 Å². The monoisotopic (exact) mass is 469 g/mol. The molecule has 2 aromatic rings. The topological polar surface area (TPSA) is 80.8 Å². The fourth-order valence-electron chi connectivity index (χ4n) is 5.92. The van der Waals surface area contributed by atoms with Crippen LogP contribution in [-0.4, -0.2) is 36.8 Å². The van der Waals surface area contributed by atoms with Gasteiger partial charge in [-0.3, -0.25) is 4.79 Å². The second-order valence-corrected chi connectivity index (χ2v) is 11.9. The number of esters is 1. The highest BCUT2D eigenvalue weighted by molar-refractivity contribution is 7.89. The molecule has 0 unspecified atom stereocenters. The van der Waals surface area contributed by atoms with Crippen LogP contribution in [0.2, 0.25) is 0 Å². The molecule has 0 amide bonds. The number of nitrogens with zero attached hydrogens (tertiary/aromatic N) is 1. The number of hydrogen-bond acceptors (Lipinski definition) is 5. The van der Waals surface area contributed by atoms with Gasteiger partial charge in [-0.1, -0.05) is 74.5 Å². The average Bonchev–Trinajstić information content (AvgIpc) is 3.14. The minimum absolute atomic E-state index is 0.111. The molecule has 2 aliphatic carbocycles. The fourth-order valence-corrected chi connectivity index (χ4v) is 8.14. The molecule has 0 radical (unpaired) electrons. The lowest BCUT2D eigenvalue weighted by Crippen LogP contribution is -2.49. The van der Waals surface area contributed by atoms with Crippen molar-refractivity contribution in [3.05, 3.63) is 71.8 Å². The van der Waals surface area contributed by atoms with Crippen molar-refractivity contribution < 1.29 is 22.7 Å². The van der Waals surface area contributed by atoms with E-state index in [1.54, 1.807) is 0 Å². The van der Waals surface area contributed by atoms with Crippen molar-refractivity contribution in [2.75, 3.05) is 5.75 Å². The molecule has 2 saturated carbocycles. The third kappa shape index (κ3) is 4.49. The molecule has 0 N–H and O–H groups in total. The smallest absolute Gasteiger partial charge is 0.371 e. The SMILES string of the molecule is CC1(C)[C@@H]2CC[C@@]1(CS(=O)(=O)N(Cc1ccccc1)Cc1ccccc1)[C@H](OC(=O)C=O)C2. The molecule has 2 aliphatic rings. The Labute approximate surface area is 196 Å². The van der Waals surface area contributed by atoms with Crippen molar-refractivity contribution in [3.8, 4) is 0 Å². The Morgan fingerprint density at radius 3 is 2.06 bits per heavy atom. The van der Waals surface area contributed by atoms with Gasteiger partial charge in [0.2, 0.25) is 16.3 Å². The number of rotatable bonds is 9. The normalized spacial score (nSPS) is 25.8. The van der Waals surface area contributed by atoms with Crippen molar-refractivity contribution in [1.29, 1.82) is 0 Å². The van der Waals surface area contributed by atoms with Crippen LogP contribution in [0.5, 0.6) is 0 Å². The highest BCUT2D eigenvalue weighted by atomic mass is 32.2. The molecule has 7 heteroatoms. The van der Waals surface area contributed by atoms with E-state index in [2.05, 4.69) is 13.8 Å². The van der Waals surface area contributed by atoms with Crippen LogP contribution in [0.4, 0.5) is 0 Å². The average molecular weight is 470 g/mol. The Morgan fingerprint density at radius 2 is 1.58 bits per heavy atom. The zero-order valence-corrected chi connectivity index (χ0v) is 20.0. The number of fused-ring (bicyclic) bond motifs is 2. The number of carbonyl (C=O) groups is 2. The van der Waals surface area contributed by atoms with Gasteiger partial charge in [-0.15, -0.1) is 0 Å². The number of benzene rings is 2. The largest absolute Gasteiger partial charge is 0.456 e. The summed E-state index contributed by atoms with van der Waals surface area (Å²) in [5, 5.41) is 0. The Hall–Kier alpha value is -2.51. The molecule has 0 spiro atoms. The second kappa shape index (κ2) is 9.03. The third-order valence-electron chi connectivity index (χ3n) is 7.95. The van der Waals surface area contributed by atoms with E-state index < -0.39 is 27.5 Å². The van der Waals surface area contributed by atoms with Gasteiger partial charge in [0.15, 0.2) is 0 Å². The minimum Gasteiger partial charge on any atom is -0.456 e. The summed E-state index contributed by atoms with van der Waals surface area (Å²) in [7, 11) is -3.74. The summed E-state index contributed by atoms with van der Waals surface area (Å²) in [5.41, 5.74) is 0.779. The molecule has 0 aliphatic heterocycles. The maximum atomic E-state index is 14.0. The van der Waals surface area contributed by atoms with Crippen molar-refractivity contribution in [3.63, 3.8) is 0 Å². The van der Waals surface area contributed by atoms with Crippen LogP contribution >= 0.6 is 0 Å². The van der Waals surface area contributed by atoms with E-state index in [1.165, 1.54) is 4.31 Å². The first kappa shape index (κ1) is 23.6. The summed E-state index contributed by atoms with van der Waals surface area (Å²) in [4.78, 5) is 22.8. The first-order valence-electron chi connectivity index (χ1n) is 11.4. The first-order chi connectivity index (χ1) is 15.7. The van der Waals surface area contributed by atoms with E-state index in [9.17, 15) is 18.0 Å². The molecule has 33 heavy (non-hydrogen) atoms.